The minimum atomic E-state index is -0.357. The van der Waals surface area contributed by atoms with Crippen molar-refractivity contribution in [3.8, 4) is 0 Å². The Morgan fingerprint density at radius 3 is 3.06 bits per heavy atom. The maximum absolute atomic E-state index is 5.69. The van der Waals surface area contributed by atoms with Gasteiger partial charge < -0.3 is 14.6 Å². The van der Waals surface area contributed by atoms with Crippen molar-refractivity contribution in [2.24, 2.45) is 0 Å². The van der Waals surface area contributed by atoms with Crippen LogP contribution in [0, 0.1) is 0 Å². The van der Waals surface area contributed by atoms with Crippen molar-refractivity contribution in [2.75, 3.05) is 13.2 Å². The number of hydrogen-bond donors (Lipinski definition) is 1. The molecule has 3 rings (SSSR count). The molecule has 0 bridgehead atoms. The molecule has 88 valence electrons. The summed E-state index contributed by atoms with van der Waals surface area (Å²) < 4.78 is 11.0. The van der Waals surface area contributed by atoms with Gasteiger partial charge in [-0.05, 0) is 39.2 Å². The molecule has 2 unspecified atom stereocenters. The maximum atomic E-state index is 5.69. The Kier molecular flexibility index (Phi) is 2.44. The Hall–Kier alpha value is -0.940. The highest BCUT2D eigenvalue weighted by atomic mass is 16.5. The van der Waals surface area contributed by atoms with Crippen LogP contribution in [0.5, 0.6) is 0 Å². The second-order valence-electron chi connectivity index (χ2n) is 4.79. The lowest BCUT2D eigenvalue weighted by atomic mass is 10.0. The van der Waals surface area contributed by atoms with E-state index in [1.54, 1.807) is 0 Å². The lowest BCUT2D eigenvalue weighted by molar-refractivity contribution is -0.00937. The van der Waals surface area contributed by atoms with Gasteiger partial charge in [0.2, 0.25) is 0 Å². The Morgan fingerprint density at radius 2 is 2.38 bits per heavy atom. The number of aromatic nitrogens is 2. The van der Waals surface area contributed by atoms with Gasteiger partial charge >= 0.3 is 0 Å². The molecule has 2 fully saturated rings. The van der Waals surface area contributed by atoms with E-state index in [4.69, 9.17) is 9.26 Å². The van der Waals surface area contributed by atoms with E-state index in [2.05, 4.69) is 15.5 Å². The lowest BCUT2D eigenvalue weighted by Gasteiger charge is -2.17. The molecule has 0 spiro atoms. The van der Waals surface area contributed by atoms with Crippen LogP contribution in [-0.2, 0) is 10.3 Å². The molecule has 0 saturated carbocycles. The molecule has 5 heteroatoms. The third-order valence-electron chi connectivity index (χ3n) is 3.48. The molecule has 1 aromatic heterocycles. The van der Waals surface area contributed by atoms with Gasteiger partial charge in [-0.15, -0.1) is 0 Å². The number of hydrogen-bond acceptors (Lipinski definition) is 5. The summed E-state index contributed by atoms with van der Waals surface area (Å²) in [5.74, 6) is 1.41. The molecule has 2 aliphatic rings. The van der Waals surface area contributed by atoms with E-state index in [1.807, 2.05) is 6.92 Å². The first-order valence-corrected chi connectivity index (χ1v) is 5.99. The number of ether oxygens (including phenoxy) is 1. The quantitative estimate of drug-likeness (QED) is 0.823. The van der Waals surface area contributed by atoms with E-state index >= 15 is 0 Å². The fraction of sp³-hybridized carbons (Fsp3) is 0.818. The highest BCUT2D eigenvalue weighted by molar-refractivity contribution is 5.03. The molecule has 0 radical (unpaired) electrons. The zero-order chi connectivity index (χ0) is 11.0. The molecule has 2 atom stereocenters. The summed E-state index contributed by atoms with van der Waals surface area (Å²) in [5, 5.41) is 7.42. The van der Waals surface area contributed by atoms with E-state index in [0.29, 0.717) is 5.89 Å². The predicted octanol–water partition coefficient (Wildman–Crippen LogP) is 1.52. The summed E-state index contributed by atoms with van der Waals surface area (Å²) in [6.07, 6.45) is 4.31. The summed E-state index contributed by atoms with van der Waals surface area (Å²) in [7, 11) is 0. The van der Waals surface area contributed by atoms with Gasteiger partial charge in [-0.25, -0.2) is 0 Å². The van der Waals surface area contributed by atoms with Crippen molar-refractivity contribution in [3.05, 3.63) is 11.7 Å². The van der Waals surface area contributed by atoms with E-state index in [-0.39, 0.29) is 11.6 Å². The summed E-state index contributed by atoms with van der Waals surface area (Å²) in [4.78, 5) is 4.48. The molecule has 0 aromatic carbocycles. The fourth-order valence-corrected chi connectivity index (χ4v) is 2.44. The first-order chi connectivity index (χ1) is 7.78. The van der Waals surface area contributed by atoms with Crippen LogP contribution in [0.3, 0.4) is 0 Å². The van der Waals surface area contributed by atoms with Crippen molar-refractivity contribution in [1.82, 2.24) is 15.5 Å². The smallest absolute Gasteiger partial charge is 0.258 e. The van der Waals surface area contributed by atoms with Crippen LogP contribution in [0.15, 0.2) is 4.52 Å². The van der Waals surface area contributed by atoms with Gasteiger partial charge in [0, 0.05) is 6.61 Å². The van der Waals surface area contributed by atoms with Gasteiger partial charge in [-0.3, -0.25) is 0 Å². The number of nitrogens with zero attached hydrogens (tertiary/aromatic N) is 2. The van der Waals surface area contributed by atoms with Crippen molar-refractivity contribution in [3.63, 3.8) is 0 Å². The van der Waals surface area contributed by atoms with Crippen molar-refractivity contribution in [2.45, 2.75) is 44.2 Å². The average Bonchev–Trinajstić information content (AvgIpc) is 2.98. The molecule has 1 N–H and O–H groups in total. The number of nitrogens with one attached hydrogen (secondary N) is 1. The Balaban J connectivity index is 1.81. The monoisotopic (exact) mass is 223 g/mol. The van der Waals surface area contributed by atoms with Crippen LogP contribution in [-0.4, -0.2) is 23.3 Å². The Bertz CT molecular complexity index is 365. The van der Waals surface area contributed by atoms with Gasteiger partial charge in [0.25, 0.3) is 5.89 Å². The lowest BCUT2D eigenvalue weighted by Crippen LogP contribution is -2.21. The molecule has 2 saturated heterocycles. The molecule has 16 heavy (non-hydrogen) atoms. The third kappa shape index (κ3) is 1.64. The van der Waals surface area contributed by atoms with Crippen LogP contribution in [0.1, 0.15) is 50.4 Å². The normalized spacial score (nSPS) is 34.7. The first-order valence-electron chi connectivity index (χ1n) is 5.99. The van der Waals surface area contributed by atoms with Crippen molar-refractivity contribution in [1.29, 1.82) is 0 Å². The first kappa shape index (κ1) is 10.2. The fourth-order valence-electron chi connectivity index (χ4n) is 2.44. The molecular formula is C11H17N3O2. The predicted molar refractivity (Wildman–Crippen MR) is 56.8 cm³/mol. The molecule has 2 aliphatic heterocycles. The third-order valence-corrected chi connectivity index (χ3v) is 3.48. The van der Waals surface area contributed by atoms with Gasteiger partial charge in [-0.2, -0.15) is 4.98 Å². The zero-order valence-corrected chi connectivity index (χ0v) is 9.53. The van der Waals surface area contributed by atoms with Gasteiger partial charge in [-0.1, -0.05) is 5.16 Å². The minimum absolute atomic E-state index is 0.266. The maximum Gasteiger partial charge on any atom is 0.258 e. The van der Waals surface area contributed by atoms with Crippen molar-refractivity contribution < 1.29 is 9.26 Å². The second kappa shape index (κ2) is 3.82. The largest absolute Gasteiger partial charge is 0.365 e. The zero-order valence-electron chi connectivity index (χ0n) is 9.53. The highest BCUT2D eigenvalue weighted by Crippen LogP contribution is 2.35. The summed E-state index contributed by atoms with van der Waals surface area (Å²) in [5.41, 5.74) is -0.357. The Morgan fingerprint density at radius 1 is 1.44 bits per heavy atom. The van der Waals surface area contributed by atoms with Crippen LogP contribution in [0.25, 0.3) is 0 Å². The minimum Gasteiger partial charge on any atom is -0.365 e. The van der Waals surface area contributed by atoms with Gasteiger partial charge in [0.05, 0.1) is 6.04 Å². The summed E-state index contributed by atoms with van der Waals surface area (Å²) in [6, 6.07) is 0.266. The average molecular weight is 223 g/mol. The van der Waals surface area contributed by atoms with Crippen molar-refractivity contribution >= 4 is 0 Å². The topological polar surface area (TPSA) is 60.2 Å². The SMILES string of the molecule is CC1(c2nc(C3CCCN3)no2)CCCO1. The molecule has 0 aliphatic carbocycles. The molecular weight excluding hydrogens is 206 g/mol. The Labute approximate surface area is 94.6 Å². The molecule has 3 heterocycles. The van der Waals surface area contributed by atoms with Crippen LogP contribution in [0.4, 0.5) is 0 Å². The van der Waals surface area contributed by atoms with E-state index in [0.717, 1.165) is 38.2 Å². The highest BCUT2D eigenvalue weighted by Gasteiger charge is 2.38. The van der Waals surface area contributed by atoms with Gasteiger partial charge in [0.15, 0.2) is 5.82 Å². The van der Waals surface area contributed by atoms with Crippen LogP contribution >= 0.6 is 0 Å². The summed E-state index contributed by atoms with van der Waals surface area (Å²) >= 11 is 0. The molecule has 0 amide bonds. The second-order valence-corrected chi connectivity index (χ2v) is 4.79. The van der Waals surface area contributed by atoms with Gasteiger partial charge in [0.1, 0.15) is 5.60 Å². The van der Waals surface area contributed by atoms with Crippen LogP contribution in [0.2, 0.25) is 0 Å². The van der Waals surface area contributed by atoms with Crippen LogP contribution < -0.4 is 5.32 Å². The standard InChI is InChI=1S/C11H17N3O2/c1-11(5-3-7-15-11)10-13-9(14-16-10)8-4-2-6-12-8/h8,12H,2-7H2,1H3. The summed E-state index contributed by atoms with van der Waals surface area (Å²) in [6.45, 7) is 3.86. The van der Waals surface area contributed by atoms with E-state index < -0.39 is 0 Å². The number of rotatable bonds is 2. The molecule has 1 aromatic rings. The van der Waals surface area contributed by atoms with E-state index in [1.165, 1.54) is 6.42 Å². The van der Waals surface area contributed by atoms with E-state index in [9.17, 15) is 0 Å². The molecule has 5 nitrogen and oxygen atoms in total.